The second kappa shape index (κ2) is 10.7. The molecule has 0 aromatic heterocycles. The Bertz CT molecular complexity index is 126. The molecule has 0 N–H and O–H groups in total. The Balaban J connectivity index is 3.33. The zero-order chi connectivity index (χ0) is 10.6. The van der Waals surface area contributed by atoms with Gasteiger partial charge in [-0.1, -0.05) is 26.7 Å². The summed E-state index contributed by atoms with van der Waals surface area (Å²) in [5.41, 5.74) is 0. The topological polar surface area (TPSA) is 35.5 Å². The van der Waals surface area contributed by atoms with Crippen LogP contribution in [0.15, 0.2) is 0 Å². The zero-order valence-corrected chi connectivity index (χ0v) is 9.33. The van der Waals surface area contributed by atoms with Crippen LogP contribution in [-0.2, 0) is 14.3 Å². The highest BCUT2D eigenvalue weighted by molar-refractivity contribution is 5.56. The Labute approximate surface area is 86.8 Å². The molecule has 0 heterocycles. The summed E-state index contributed by atoms with van der Waals surface area (Å²) in [6.07, 6.45) is 4.69. The van der Waals surface area contributed by atoms with Crippen LogP contribution >= 0.6 is 0 Å². The van der Waals surface area contributed by atoms with Gasteiger partial charge in [-0.15, -0.1) is 0 Å². The second-order valence-electron chi connectivity index (χ2n) is 3.33. The summed E-state index contributed by atoms with van der Waals surface area (Å²) in [5, 5.41) is 0. The number of carbonyl (C=O) groups excluding carboxylic acids is 1. The molecule has 0 bridgehead atoms. The van der Waals surface area contributed by atoms with Gasteiger partial charge in [0.2, 0.25) is 0 Å². The van der Waals surface area contributed by atoms with Crippen molar-refractivity contribution in [1.29, 1.82) is 0 Å². The average molecular weight is 202 g/mol. The summed E-state index contributed by atoms with van der Waals surface area (Å²) in [6.45, 7) is 5.97. The first kappa shape index (κ1) is 13.6. The van der Waals surface area contributed by atoms with E-state index in [0.29, 0.717) is 13.2 Å². The van der Waals surface area contributed by atoms with Crippen LogP contribution in [0.2, 0.25) is 0 Å². The Morgan fingerprint density at radius 3 is 2.36 bits per heavy atom. The van der Waals surface area contributed by atoms with Gasteiger partial charge >= 0.3 is 0 Å². The number of hydrogen-bond acceptors (Lipinski definition) is 3. The summed E-state index contributed by atoms with van der Waals surface area (Å²) in [7, 11) is 0. The molecule has 84 valence electrons. The molecule has 0 spiro atoms. The van der Waals surface area contributed by atoms with E-state index in [0.717, 1.165) is 38.6 Å². The quantitative estimate of drug-likeness (QED) is 0.402. The van der Waals surface area contributed by atoms with E-state index < -0.39 is 0 Å². The maximum absolute atomic E-state index is 10.6. The predicted octanol–water partition coefficient (Wildman–Crippen LogP) is 2.19. The van der Waals surface area contributed by atoms with Gasteiger partial charge in [0.05, 0.1) is 6.61 Å². The molecule has 0 aliphatic carbocycles. The normalized spacial score (nSPS) is 12.7. The zero-order valence-electron chi connectivity index (χ0n) is 9.33. The van der Waals surface area contributed by atoms with Gasteiger partial charge in [-0.3, -0.25) is 0 Å². The van der Waals surface area contributed by atoms with E-state index in [9.17, 15) is 4.79 Å². The highest BCUT2D eigenvalue weighted by atomic mass is 16.5. The number of carbonyl (C=O) groups is 1. The molecule has 0 radical (unpaired) electrons. The Morgan fingerprint density at radius 1 is 1.14 bits per heavy atom. The fourth-order valence-electron chi connectivity index (χ4n) is 0.952. The van der Waals surface area contributed by atoms with Crippen LogP contribution < -0.4 is 0 Å². The molecule has 0 aliphatic rings. The fraction of sp³-hybridized carbons (Fsp3) is 0.909. The molecular weight excluding hydrogens is 180 g/mol. The first-order valence-corrected chi connectivity index (χ1v) is 5.49. The minimum atomic E-state index is -0.376. The predicted molar refractivity (Wildman–Crippen MR) is 56.4 cm³/mol. The van der Waals surface area contributed by atoms with Crippen LogP contribution in [0.25, 0.3) is 0 Å². The van der Waals surface area contributed by atoms with E-state index in [1.54, 1.807) is 0 Å². The third kappa shape index (κ3) is 8.20. The minimum absolute atomic E-state index is 0.376. The molecule has 0 rings (SSSR count). The third-order valence-corrected chi connectivity index (χ3v) is 1.91. The number of hydrogen-bond donors (Lipinski definition) is 0. The maximum Gasteiger partial charge on any atom is 0.151 e. The van der Waals surface area contributed by atoms with Gasteiger partial charge in [0.1, 0.15) is 6.10 Å². The summed E-state index contributed by atoms with van der Waals surface area (Å²) in [5.74, 6) is 0. The van der Waals surface area contributed by atoms with Gasteiger partial charge < -0.3 is 14.3 Å². The summed E-state index contributed by atoms with van der Waals surface area (Å²) < 4.78 is 10.6. The van der Waals surface area contributed by atoms with E-state index in [-0.39, 0.29) is 6.10 Å². The van der Waals surface area contributed by atoms with E-state index in [4.69, 9.17) is 9.47 Å². The van der Waals surface area contributed by atoms with Crippen molar-refractivity contribution < 1.29 is 14.3 Å². The Morgan fingerprint density at radius 2 is 1.79 bits per heavy atom. The molecule has 0 saturated carbocycles. The number of ether oxygens (including phenoxy) is 2. The van der Waals surface area contributed by atoms with E-state index in [1.165, 1.54) is 0 Å². The van der Waals surface area contributed by atoms with Crippen molar-refractivity contribution in [3.63, 3.8) is 0 Å². The molecule has 0 aromatic carbocycles. The average Bonchev–Trinajstić information content (AvgIpc) is 2.22. The van der Waals surface area contributed by atoms with E-state index in [1.807, 2.05) is 0 Å². The third-order valence-electron chi connectivity index (χ3n) is 1.91. The van der Waals surface area contributed by atoms with Crippen molar-refractivity contribution in [3.05, 3.63) is 0 Å². The number of rotatable bonds is 10. The van der Waals surface area contributed by atoms with E-state index >= 15 is 0 Å². The SMILES string of the molecule is CCCCOC[C@@H](C=O)OCCCC. The van der Waals surface area contributed by atoms with Gasteiger partial charge in [0, 0.05) is 13.2 Å². The lowest BCUT2D eigenvalue weighted by atomic mass is 10.3. The molecular formula is C11H22O3. The second-order valence-corrected chi connectivity index (χ2v) is 3.33. The van der Waals surface area contributed by atoms with Crippen LogP contribution in [0.1, 0.15) is 39.5 Å². The minimum Gasteiger partial charge on any atom is -0.378 e. The molecule has 14 heavy (non-hydrogen) atoms. The van der Waals surface area contributed by atoms with Crippen molar-refractivity contribution in [2.24, 2.45) is 0 Å². The molecule has 0 aliphatic heterocycles. The van der Waals surface area contributed by atoms with E-state index in [2.05, 4.69) is 13.8 Å². The lowest BCUT2D eigenvalue weighted by Crippen LogP contribution is -2.22. The van der Waals surface area contributed by atoms with Crippen LogP contribution in [0, 0.1) is 0 Å². The van der Waals surface area contributed by atoms with Gasteiger partial charge in [-0.05, 0) is 12.8 Å². The summed E-state index contributed by atoms with van der Waals surface area (Å²) in [4.78, 5) is 10.6. The highest BCUT2D eigenvalue weighted by Gasteiger charge is 2.06. The highest BCUT2D eigenvalue weighted by Crippen LogP contribution is 1.96. The van der Waals surface area contributed by atoms with Crippen molar-refractivity contribution >= 4 is 6.29 Å². The van der Waals surface area contributed by atoms with Crippen LogP contribution in [0.3, 0.4) is 0 Å². The van der Waals surface area contributed by atoms with Crippen LogP contribution in [-0.4, -0.2) is 32.2 Å². The maximum atomic E-state index is 10.6. The smallest absolute Gasteiger partial charge is 0.151 e. The van der Waals surface area contributed by atoms with Gasteiger partial charge in [0.25, 0.3) is 0 Å². The van der Waals surface area contributed by atoms with Gasteiger partial charge in [0.15, 0.2) is 6.29 Å². The molecule has 3 nitrogen and oxygen atoms in total. The lowest BCUT2D eigenvalue weighted by molar-refractivity contribution is -0.122. The summed E-state index contributed by atoms with van der Waals surface area (Å²) >= 11 is 0. The molecule has 0 amide bonds. The molecule has 0 aromatic rings. The number of unbranched alkanes of at least 4 members (excludes halogenated alkanes) is 2. The van der Waals surface area contributed by atoms with Gasteiger partial charge in [-0.25, -0.2) is 0 Å². The first-order valence-electron chi connectivity index (χ1n) is 5.49. The van der Waals surface area contributed by atoms with Crippen molar-refractivity contribution in [2.45, 2.75) is 45.6 Å². The molecule has 0 saturated heterocycles. The monoisotopic (exact) mass is 202 g/mol. The van der Waals surface area contributed by atoms with Crippen molar-refractivity contribution in [3.8, 4) is 0 Å². The Kier molecular flexibility index (Phi) is 10.4. The van der Waals surface area contributed by atoms with Crippen LogP contribution in [0.5, 0.6) is 0 Å². The molecule has 1 atom stereocenters. The number of aldehydes is 1. The standard InChI is InChI=1S/C11H22O3/c1-3-5-7-13-10-11(9-12)14-8-6-4-2/h9,11H,3-8,10H2,1-2H3/t11-/m1/s1. The molecule has 3 heteroatoms. The fourth-order valence-corrected chi connectivity index (χ4v) is 0.952. The Hall–Kier alpha value is -0.410. The summed E-state index contributed by atoms with van der Waals surface area (Å²) in [6, 6.07) is 0. The van der Waals surface area contributed by atoms with Crippen molar-refractivity contribution in [1.82, 2.24) is 0 Å². The van der Waals surface area contributed by atoms with Gasteiger partial charge in [-0.2, -0.15) is 0 Å². The van der Waals surface area contributed by atoms with Crippen molar-refractivity contribution in [2.75, 3.05) is 19.8 Å². The largest absolute Gasteiger partial charge is 0.378 e. The first-order chi connectivity index (χ1) is 6.85. The molecule has 0 fully saturated rings. The van der Waals surface area contributed by atoms with Crippen LogP contribution in [0.4, 0.5) is 0 Å². The lowest BCUT2D eigenvalue weighted by Gasteiger charge is -2.11. The molecule has 0 unspecified atom stereocenters.